The first-order chi connectivity index (χ1) is 8.61. The summed E-state index contributed by atoms with van der Waals surface area (Å²) in [6, 6.07) is 7.79. The molecule has 1 aromatic carbocycles. The Labute approximate surface area is 111 Å². The molecule has 0 fully saturated rings. The van der Waals surface area contributed by atoms with Gasteiger partial charge < -0.3 is 9.26 Å². The second-order valence-electron chi connectivity index (χ2n) is 3.31. The standard InChI is InChI=1S/C11H16NO3P.C2H6/c1-9-4-6-10(7-5-9)15-16(3)12-8-11(13)14-2;1-2/h4-7,12H,8H2,1-3H3;1-2H3. The van der Waals surface area contributed by atoms with E-state index < -0.39 is 8.30 Å². The first kappa shape index (κ1) is 16.9. The minimum absolute atomic E-state index is 0.171. The molecule has 0 bridgehead atoms. The molecular weight excluding hydrogens is 249 g/mol. The van der Waals surface area contributed by atoms with Crippen LogP contribution in [-0.2, 0) is 9.53 Å². The van der Waals surface area contributed by atoms with Crippen molar-refractivity contribution in [2.24, 2.45) is 0 Å². The molecule has 5 heteroatoms. The van der Waals surface area contributed by atoms with Gasteiger partial charge in [0.2, 0.25) is 0 Å². The first-order valence-electron chi connectivity index (χ1n) is 5.90. The quantitative estimate of drug-likeness (QED) is 0.660. The summed E-state index contributed by atoms with van der Waals surface area (Å²) in [4.78, 5) is 10.9. The Morgan fingerprint density at radius 2 is 1.83 bits per heavy atom. The van der Waals surface area contributed by atoms with Crippen LogP contribution in [0.25, 0.3) is 0 Å². The van der Waals surface area contributed by atoms with Crippen molar-refractivity contribution in [3.63, 3.8) is 0 Å². The lowest BCUT2D eigenvalue weighted by atomic mass is 10.2. The molecule has 4 nitrogen and oxygen atoms in total. The highest BCUT2D eigenvalue weighted by molar-refractivity contribution is 7.49. The average molecular weight is 271 g/mol. The van der Waals surface area contributed by atoms with Crippen molar-refractivity contribution in [3.05, 3.63) is 29.8 Å². The maximum Gasteiger partial charge on any atom is 0.320 e. The molecule has 1 atom stereocenters. The molecule has 1 N–H and O–H groups in total. The van der Waals surface area contributed by atoms with Gasteiger partial charge in [-0.3, -0.25) is 9.88 Å². The van der Waals surface area contributed by atoms with Crippen LogP contribution in [0.4, 0.5) is 0 Å². The highest BCUT2D eigenvalue weighted by Gasteiger charge is 2.06. The van der Waals surface area contributed by atoms with Crippen molar-refractivity contribution in [3.8, 4) is 5.75 Å². The average Bonchev–Trinajstić information content (AvgIpc) is 2.41. The third kappa shape index (κ3) is 7.25. The second kappa shape index (κ2) is 9.86. The summed E-state index contributed by atoms with van der Waals surface area (Å²) < 4.78 is 10.1. The first-order valence-corrected chi connectivity index (χ1v) is 7.61. The minimum Gasteiger partial charge on any atom is -0.468 e. The van der Waals surface area contributed by atoms with E-state index >= 15 is 0 Å². The summed E-state index contributed by atoms with van der Waals surface area (Å²) in [5, 5.41) is 2.96. The maximum atomic E-state index is 10.9. The molecule has 1 unspecified atom stereocenters. The number of methoxy groups -OCH3 is 1. The Bertz CT molecular complexity index is 341. The van der Waals surface area contributed by atoms with Crippen molar-refractivity contribution >= 4 is 14.3 Å². The number of benzene rings is 1. The molecule has 0 aromatic heterocycles. The van der Waals surface area contributed by atoms with E-state index in [1.807, 2.05) is 51.7 Å². The number of hydrogen-bond donors (Lipinski definition) is 1. The molecule has 0 heterocycles. The van der Waals surface area contributed by atoms with Crippen LogP contribution >= 0.6 is 8.30 Å². The number of ether oxygens (including phenoxy) is 1. The monoisotopic (exact) mass is 271 g/mol. The normalized spacial score (nSPS) is 10.9. The fraction of sp³-hybridized carbons (Fsp3) is 0.462. The highest BCUT2D eigenvalue weighted by atomic mass is 31.2. The summed E-state index contributed by atoms with van der Waals surface area (Å²) in [7, 11) is 0.508. The molecule has 102 valence electrons. The molecule has 0 amide bonds. The fourth-order valence-corrected chi connectivity index (χ4v) is 1.89. The van der Waals surface area contributed by atoms with E-state index in [1.165, 1.54) is 12.7 Å². The molecule has 1 rings (SSSR count). The maximum absolute atomic E-state index is 10.9. The molecule has 1 aromatic rings. The number of nitrogens with one attached hydrogen (secondary N) is 1. The Morgan fingerprint density at radius 3 is 2.33 bits per heavy atom. The van der Waals surface area contributed by atoms with Crippen molar-refractivity contribution < 1.29 is 14.1 Å². The number of carbonyl (C=O) groups is 1. The Balaban J connectivity index is 0.00000137. The Kier molecular flexibility index (Phi) is 9.25. The number of esters is 1. The number of carbonyl (C=O) groups excluding carboxylic acids is 1. The minimum atomic E-state index is -0.856. The fourth-order valence-electron chi connectivity index (χ4n) is 1.04. The van der Waals surface area contributed by atoms with Crippen LogP contribution < -0.4 is 9.61 Å². The molecule has 0 radical (unpaired) electrons. The van der Waals surface area contributed by atoms with Crippen LogP contribution in [0.1, 0.15) is 19.4 Å². The number of hydrogen-bond acceptors (Lipinski definition) is 4. The van der Waals surface area contributed by atoms with Gasteiger partial charge in [0.05, 0.1) is 7.11 Å². The molecule has 18 heavy (non-hydrogen) atoms. The van der Waals surface area contributed by atoms with Gasteiger partial charge in [0.1, 0.15) is 12.3 Å². The summed E-state index contributed by atoms with van der Waals surface area (Å²) >= 11 is 0. The Morgan fingerprint density at radius 1 is 1.28 bits per heavy atom. The zero-order valence-electron chi connectivity index (χ0n) is 11.7. The predicted molar refractivity (Wildman–Crippen MR) is 76.0 cm³/mol. The van der Waals surface area contributed by atoms with E-state index in [9.17, 15) is 4.79 Å². The van der Waals surface area contributed by atoms with E-state index in [-0.39, 0.29) is 12.5 Å². The number of rotatable bonds is 5. The number of aryl methyl sites for hydroxylation is 1. The van der Waals surface area contributed by atoms with Crippen molar-refractivity contribution in [1.82, 2.24) is 5.09 Å². The smallest absolute Gasteiger partial charge is 0.320 e. The molecular formula is C13H22NO3P. The summed E-state index contributed by atoms with van der Waals surface area (Å²) in [5.41, 5.74) is 1.19. The second-order valence-corrected chi connectivity index (χ2v) is 4.81. The third-order valence-electron chi connectivity index (χ3n) is 1.94. The van der Waals surface area contributed by atoms with Gasteiger partial charge in [-0.05, 0) is 19.1 Å². The molecule has 0 saturated heterocycles. The predicted octanol–water partition coefficient (Wildman–Crippen LogP) is 3.10. The van der Waals surface area contributed by atoms with Crippen LogP contribution in [0, 0.1) is 6.92 Å². The molecule has 0 aliphatic rings. The van der Waals surface area contributed by atoms with Gasteiger partial charge in [0.25, 0.3) is 0 Å². The molecule has 0 spiro atoms. The van der Waals surface area contributed by atoms with Crippen molar-refractivity contribution in [2.75, 3.05) is 20.3 Å². The lowest BCUT2D eigenvalue weighted by molar-refractivity contribution is -0.139. The van der Waals surface area contributed by atoms with Gasteiger partial charge in [0.15, 0.2) is 8.30 Å². The Hall–Kier alpha value is -1.12. The largest absolute Gasteiger partial charge is 0.468 e. The lowest BCUT2D eigenvalue weighted by Gasteiger charge is -2.14. The third-order valence-corrected chi connectivity index (χ3v) is 3.03. The summed E-state index contributed by atoms with van der Waals surface area (Å²) in [5.74, 6) is 0.512. The van der Waals surface area contributed by atoms with Crippen LogP contribution in [-0.4, -0.2) is 26.3 Å². The van der Waals surface area contributed by atoms with Gasteiger partial charge in [-0.2, -0.15) is 0 Å². The molecule has 0 aliphatic heterocycles. The summed E-state index contributed by atoms with van der Waals surface area (Å²) in [6.45, 7) is 8.09. The topological polar surface area (TPSA) is 47.6 Å². The molecule has 0 aliphatic carbocycles. The van der Waals surface area contributed by atoms with Gasteiger partial charge in [-0.25, -0.2) is 0 Å². The summed E-state index contributed by atoms with van der Waals surface area (Å²) in [6.07, 6.45) is 0. The van der Waals surface area contributed by atoms with E-state index in [4.69, 9.17) is 4.52 Å². The van der Waals surface area contributed by atoms with Gasteiger partial charge in [-0.15, -0.1) is 0 Å². The van der Waals surface area contributed by atoms with Crippen LogP contribution in [0.3, 0.4) is 0 Å². The van der Waals surface area contributed by atoms with E-state index in [0.717, 1.165) is 5.75 Å². The van der Waals surface area contributed by atoms with Gasteiger partial charge >= 0.3 is 5.97 Å². The lowest BCUT2D eigenvalue weighted by Crippen LogP contribution is -2.20. The zero-order valence-corrected chi connectivity index (χ0v) is 12.6. The van der Waals surface area contributed by atoms with Crippen LogP contribution in [0.15, 0.2) is 24.3 Å². The molecule has 0 saturated carbocycles. The van der Waals surface area contributed by atoms with Crippen molar-refractivity contribution in [2.45, 2.75) is 20.8 Å². The van der Waals surface area contributed by atoms with E-state index in [1.54, 1.807) is 0 Å². The van der Waals surface area contributed by atoms with E-state index in [0.29, 0.717) is 0 Å². The van der Waals surface area contributed by atoms with Crippen LogP contribution in [0.2, 0.25) is 0 Å². The van der Waals surface area contributed by atoms with Gasteiger partial charge in [-0.1, -0.05) is 31.5 Å². The van der Waals surface area contributed by atoms with Crippen LogP contribution in [0.5, 0.6) is 5.75 Å². The highest BCUT2D eigenvalue weighted by Crippen LogP contribution is 2.29. The van der Waals surface area contributed by atoms with Gasteiger partial charge in [0, 0.05) is 6.66 Å². The SMILES string of the molecule is CC.COC(=O)CNP(C)Oc1ccc(C)cc1. The van der Waals surface area contributed by atoms with Crippen molar-refractivity contribution in [1.29, 1.82) is 0 Å². The zero-order chi connectivity index (χ0) is 14.0. The van der Waals surface area contributed by atoms with E-state index in [2.05, 4.69) is 9.82 Å².